The molecule has 2 aromatic carbocycles. The second-order valence-electron chi connectivity index (χ2n) is 4.93. The molecule has 3 heteroatoms. The Hall–Kier alpha value is -2.29. The number of benzene rings is 2. The van der Waals surface area contributed by atoms with Gasteiger partial charge in [0.25, 0.3) is 0 Å². The van der Waals surface area contributed by atoms with Gasteiger partial charge in [0.05, 0.1) is 0 Å². The van der Waals surface area contributed by atoms with Crippen LogP contribution in [-0.4, -0.2) is 12.5 Å². The Labute approximate surface area is 120 Å². The third kappa shape index (κ3) is 4.12. The summed E-state index contributed by atoms with van der Waals surface area (Å²) in [5.74, 6) is 0.461. The molecule has 0 bridgehead atoms. The zero-order valence-electron chi connectivity index (χ0n) is 12.1. The van der Waals surface area contributed by atoms with Gasteiger partial charge in [0.2, 0.25) is 0 Å². The van der Waals surface area contributed by atoms with Crippen molar-refractivity contribution in [3.05, 3.63) is 65.2 Å². The first kappa shape index (κ1) is 14.1. The maximum absolute atomic E-state index is 5.88. The molecule has 0 saturated heterocycles. The molecule has 0 aliphatic heterocycles. The monoisotopic (exact) mass is 267 g/mol. The van der Waals surface area contributed by atoms with Gasteiger partial charge in [-0.05, 0) is 43.5 Å². The van der Waals surface area contributed by atoms with Crippen molar-refractivity contribution in [2.45, 2.75) is 20.3 Å². The topological polar surface area (TPSA) is 50.4 Å². The van der Waals surface area contributed by atoms with Gasteiger partial charge in [-0.2, -0.15) is 0 Å². The van der Waals surface area contributed by atoms with Gasteiger partial charge in [-0.15, -0.1) is 0 Å². The quantitative estimate of drug-likeness (QED) is 0.660. The fourth-order valence-electron chi connectivity index (χ4n) is 2.01. The number of rotatable bonds is 4. The van der Waals surface area contributed by atoms with Crippen molar-refractivity contribution < 1.29 is 0 Å². The molecule has 0 radical (unpaired) electrons. The Balaban J connectivity index is 1.88. The average Bonchev–Trinajstić information content (AvgIpc) is 2.43. The fraction of sp³-hybridized carbons (Fsp3) is 0.235. The summed E-state index contributed by atoms with van der Waals surface area (Å²) in [7, 11) is 0. The highest BCUT2D eigenvalue weighted by Gasteiger charge is 1.97. The summed E-state index contributed by atoms with van der Waals surface area (Å²) in [5.41, 5.74) is 10.7. The molecule has 2 aromatic rings. The summed E-state index contributed by atoms with van der Waals surface area (Å²) in [5, 5.41) is 3.10. The number of aliphatic imine (C=N–C) groups is 1. The number of nitrogens with one attached hydrogen (secondary N) is 1. The first-order valence-electron chi connectivity index (χ1n) is 6.83. The molecule has 0 heterocycles. The van der Waals surface area contributed by atoms with E-state index in [0.717, 1.165) is 12.1 Å². The number of nitrogens with zero attached hydrogens (tertiary/aromatic N) is 1. The van der Waals surface area contributed by atoms with E-state index >= 15 is 0 Å². The van der Waals surface area contributed by atoms with Crippen LogP contribution in [0, 0.1) is 13.8 Å². The third-order valence-corrected chi connectivity index (χ3v) is 3.25. The summed E-state index contributed by atoms with van der Waals surface area (Å²) >= 11 is 0. The van der Waals surface area contributed by atoms with E-state index < -0.39 is 0 Å². The van der Waals surface area contributed by atoms with E-state index in [0.29, 0.717) is 12.5 Å². The molecule has 0 saturated carbocycles. The molecule has 104 valence electrons. The number of hydrogen-bond donors (Lipinski definition) is 2. The molecule has 3 N–H and O–H groups in total. The predicted molar refractivity (Wildman–Crippen MR) is 86.2 cm³/mol. The van der Waals surface area contributed by atoms with Gasteiger partial charge in [-0.1, -0.05) is 42.0 Å². The SMILES string of the molecule is Cc1ccc(NC(N)=NCCc2ccccc2C)cc1. The maximum atomic E-state index is 5.88. The Morgan fingerprint density at radius 1 is 1.05 bits per heavy atom. The molecule has 0 aliphatic carbocycles. The van der Waals surface area contributed by atoms with E-state index in [1.165, 1.54) is 16.7 Å². The van der Waals surface area contributed by atoms with Gasteiger partial charge >= 0.3 is 0 Å². The third-order valence-electron chi connectivity index (χ3n) is 3.25. The molecule has 2 rings (SSSR count). The molecule has 0 unspecified atom stereocenters. The van der Waals surface area contributed by atoms with Crippen LogP contribution in [0.25, 0.3) is 0 Å². The fourth-order valence-corrected chi connectivity index (χ4v) is 2.01. The highest BCUT2D eigenvalue weighted by atomic mass is 15.1. The van der Waals surface area contributed by atoms with Gasteiger partial charge < -0.3 is 11.1 Å². The van der Waals surface area contributed by atoms with Crippen molar-refractivity contribution in [2.24, 2.45) is 10.7 Å². The molecule has 3 nitrogen and oxygen atoms in total. The zero-order chi connectivity index (χ0) is 14.4. The smallest absolute Gasteiger partial charge is 0.193 e. The molecule has 0 aromatic heterocycles. The summed E-state index contributed by atoms with van der Waals surface area (Å²) in [6, 6.07) is 16.4. The number of hydrogen-bond acceptors (Lipinski definition) is 1. The predicted octanol–water partition coefficient (Wildman–Crippen LogP) is 3.27. The highest BCUT2D eigenvalue weighted by Crippen LogP contribution is 2.09. The Morgan fingerprint density at radius 2 is 1.75 bits per heavy atom. The van der Waals surface area contributed by atoms with E-state index in [9.17, 15) is 0 Å². The van der Waals surface area contributed by atoms with Crippen molar-refractivity contribution in [1.29, 1.82) is 0 Å². The lowest BCUT2D eigenvalue weighted by atomic mass is 10.1. The summed E-state index contributed by atoms with van der Waals surface area (Å²) in [6.45, 7) is 4.87. The Kier molecular flexibility index (Phi) is 4.77. The van der Waals surface area contributed by atoms with Crippen LogP contribution in [0.2, 0.25) is 0 Å². The van der Waals surface area contributed by atoms with Gasteiger partial charge in [0, 0.05) is 12.2 Å². The average molecular weight is 267 g/mol. The number of aryl methyl sites for hydroxylation is 2. The minimum Gasteiger partial charge on any atom is -0.370 e. The normalized spacial score (nSPS) is 11.4. The number of nitrogens with two attached hydrogens (primary N) is 1. The summed E-state index contributed by atoms with van der Waals surface area (Å²) < 4.78 is 0. The van der Waals surface area contributed by atoms with E-state index in [1.54, 1.807) is 0 Å². The molecule has 0 fully saturated rings. The van der Waals surface area contributed by atoms with Crippen LogP contribution in [0.5, 0.6) is 0 Å². The largest absolute Gasteiger partial charge is 0.370 e. The molecule has 0 amide bonds. The van der Waals surface area contributed by atoms with E-state index in [2.05, 4.69) is 48.4 Å². The minimum atomic E-state index is 0.461. The van der Waals surface area contributed by atoms with Crippen LogP contribution in [0.1, 0.15) is 16.7 Å². The van der Waals surface area contributed by atoms with Crippen LogP contribution in [0.3, 0.4) is 0 Å². The van der Waals surface area contributed by atoms with Gasteiger partial charge in [0.15, 0.2) is 5.96 Å². The first-order valence-corrected chi connectivity index (χ1v) is 6.83. The lowest BCUT2D eigenvalue weighted by Crippen LogP contribution is -2.23. The van der Waals surface area contributed by atoms with Gasteiger partial charge in [-0.3, -0.25) is 4.99 Å². The Bertz CT molecular complexity index is 585. The van der Waals surface area contributed by atoms with Crippen LogP contribution in [0.15, 0.2) is 53.5 Å². The highest BCUT2D eigenvalue weighted by molar-refractivity contribution is 5.92. The molecule has 0 atom stereocenters. The maximum Gasteiger partial charge on any atom is 0.193 e. The van der Waals surface area contributed by atoms with Crippen molar-refractivity contribution >= 4 is 11.6 Å². The second-order valence-corrected chi connectivity index (χ2v) is 4.93. The minimum absolute atomic E-state index is 0.461. The first-order chi connectivity index (χ1) is 9.65. The van der Waals surface area contributed by atoms with Crippen LogP contribution < -0.4 is 11.1 Å². The van der Waals surface area contributed by atoms with E-state index in [1.807, 2.05) is 24.3 Å². The Morgan fingerprint density at radius 3 is 2.45 bits per heavy atom. The zero-order valence-corrected chi connectivity index (χ0v) is 12.1. The lowest BCUT2D eigenvalue weighted by Gasteiger charge is -2.07. The summed E-state index contributed by atoms with van der Waals surface area (Å²) in [6.07, 6.45) is 0.906. The van der Waals surface area contributed by atoms with Crippen molar-refractivity contribution in [3.63, 3.8) is 0 Å². The van der Waals surface area contributed by atoms with E-state index in [-0.39, 0.29) is 0 Å². The standard InChI is InChI=1S/C17H21N3/c1-13-7-9-16(10-8-13)20-17(18)19-12-11-15-6-4-3-5-14(15)2/h3-10H,11-12H2,1-2H3,(H3,18,19,20). The van der Waals surface area contributed by atoms with Gasteiger partial charge in [-0.25, -0.2) is 0 Å². The van der Waals surface area contributed by atoms with Crippen molar-refractivity contribution in [3.8, 4) is 0 Å². The van der Waals surface area contributed by atoms with Crippen LogP contribution in [0.4, 0.5) is 5.69 Å². The van der Waals surface area contributed by atoms with E-state index in [4.69, 9.17) is 5.73 Å². The van der Waals surface area contributed by atoms with Crippen LogP contribution >= 0.6 is 0 Å². The molecular formula is C17H21N3. The second kappa shape index (κ2) is 6.75. The van der Waals surface area contributed by atoms with Crippen molar-refractivity contribution in [1.82, 2.24) is 0 Å². The summed E-state index contributed by atoms with van der Waals surface area (Å²) in [4.78, 5) is 4.36. The lowest BCUT2D eigenvalue weighted by molar-refractivity contribution is 0.954. The molecule has 0 spiro atoms. The van der Waals surface area contributed by atoms with Crippen molar-refractivity contribution in [2.75, 3.05) is 11.9 Å². The van der Waals surface area contributed by atoms with Gasteiger partial charge in [0.1, 0.15) is 0 Å². The molecule has 20 heavy (non-hydrogen) atoms. The van der Waals surface area contributed by atoms with Crippen LogP contribution in [-0.2, 0) is 6.42 Å². The molecular weight excluding hydrogens is 246 g/mol. The molecule has 0 aliphatic rings. The number of anilines is 1. The number of guanidine groups is 1.